The Bertz CT molecular complexity index is 771. The first-order valence-corrected chi connectivity index (χ1v) is 10.4. The van der Waals surface area contributed by atoms with Crippen molar-refractivity contribution in [3.05, 3.63) is 29.3 Å². The van der Waals surface area contributed by atoms with Crippen molar-refractivity contribution in [2.75, 3.05) is 26.1 Å². The second kappa shape index (κ2) is 14.4. The molecule has 0 aliphatic carbocycles. The fraction of sp³-hybridized carbons (Fsp3) is 0.524. The van der Waals surface area contributed by atoms with Gasteiger partial charge in [0.05, 0.1) is 20.3 Å². The second-order valence-electron chi connectivity index (χ2n) is 6.94. The molecule has 9 nitrogen and oxygen atoms in total. The minimum absolute atomic E-state index is 0.195. The summed E-state index contributed by atoms with van der Waals surface area (Å²) in [6.45, 7) is 1.68. The Morgan fingerprint density at radius 2 is 1.68 bits per heavy atom. The number of anilines is 1. The summed E-state index contributed by atoms with van der Waals surface area (Å²) in [5.74, 6) is -1.23. The quantitative estimate of drug-likeness (QED) is 0.237. The molecule has 0 aliphatic heterocycles. The second-order valence-corrected chi connectivity index (χ2v) is 7.21. The van der Waals surface area contributed by atoms with Crippen LogP contribution in [0.4, 0.5) is 5.69 Å². The lowest BCUT2D eigenvalue weighted by molar-refractivity contribution is -0.140. The maximum absolute atomic E-state index is 12.4. The van der Waals surface area contributed by atoms with Gasteiger partial charge in [0.2, 0.25) is 17.7 Å². The predicted octanol–water partition coefficient (Wildman–Crippen LogP) is 1.86. The molecule has 0 saturated carbocycles. The Morgan fingerprint density at radius 3 is 2.32 bits per heavy atom. The molecule has 1 atom stereocenters. The van der Waals surface area contributed by atoms with Crippen molar-refractivity contribution >= 4 is 41.0 Å². The van der Waals surface area contributed by atoms with Crippen LogP contribution in [0.3, 0.4) is 0 Å². The summed E-state index contributed by atoms with van der Waals surface area (Å²) in [7, 11) is 2.88. The predicted molar refractivity (Wildman–Crippen MR) is 116 cm³/mol. The van der Waals surface area contributed by atoms with Gasteiger partial charge in [-0.1, -0.05) is 6.07 Å². The third-order valence-electron chi connectivity index (χ3n) is 4.26. The molecule has 31 heavy (non-hydrogen) atoms. The van der Waals surface area contributed by atoms with E-state index >= 15 is 0 Å². The number of benzene rings is 1. The van der Waals surface area contributed by atoms with Gasteiger partial charge in [-0.05, 0) is 43.0 Å². The first-order valence-electron chi connectivity index (χ1n) is 9.90. The van der Waals surface area contributed by atoms with E-state index in [2.05, 4.69) is 20.7 Å². The van der Waals surface area contributed by atoms with Crippen LogP contribution in [0.1, 0.15) is 43.7 Å². The average Bonchev–Trinajstić information content (AvgIpc) is 2.74. The van der Waals surface area contributed by atoms with E-state index in [0.29, 0.717) is 25.1 Å². The monoisotopic (exact) mass is 455 g/mol. The smallest absolute Gasteiger partial charge is 0.305 e. The zero-order valence-electron chi connectivity index (χ0n) is 18.1. The van der Waals surface area contributed by atoms with Crippen LogP contribution in [-0.4, -0.2) is 50.5 Å². The molecule has 0 heterocycles. The van der Waals surface area contributed by atoms with Crippen LogP contribution in [0.2, 0.25) is 0 Å². The summed E-state index contributed by atoms with van der Waals surface area (Å²) in [6.07, 6.45) is 1.48. The van der Waals surface area contributed by atoms with E-state index in [-0.39, 0.29) is 37.1 Å². The molecule has 1 unspecified atom stereocenters. The molecule has 0 spiro atoms. The largest absolute Gasteiger partial charge is 0.469 e. The van der Waals surface area contributed by atoms with Crippen molar-refractivity contribution in [3.8, 4) is 0 Å². The van der Waals surface area contributed by atoms with Crippen molar-refractivity contribution in [1.82, 2.24) is 10.6 Å². The maximum Gasteiger partial charge on any atom is 0.305 e. The van der Waals surface area contributed by atoms with E-state index in [1.807, 2.05) is 6.07 Å². The van der Waals surface area contributed by atoms with E-state index in [0.717, 1.165) is 11.1 Å². The van der Waals surface area contributed by atoms with Gasteiger partial charge in [0.15, 0.2) is 0 Å². The molecule has 3 amide bonds. The molecule has 0 fully saturated rings. The number of hydrogen-bond donors (Lipinski definition) is 3. The topological polar surface area (TPSA) is 123 Å². The molecule has 0 saturated heterocycles. The zero-order chi connectivity index (χ0) is 23.2. The Morgan fingerprint density at radius 1 is 1.00 bits per heavy atom. The first-order chi connectivity index (χ1) is 14.8. The molecule has 172 valence electrons. The number of unbranched alkanes of at least 4 members (excludes halogenated alkanes) is 1. The van der Waals surface area contributed by atoms with Gasteiger partial charge < -0.3 is 25.4 Å². The Kier molecular flexibility index (Phi) is 12.2. The Balaban J connectivity index is 2.41. The molecular weight excluding hydrogens is 426 g/mol. The molecule has 3 N–H and O–H groups in total. The van der Waals surface area contributed by atoms with Gasteiger partial charge >= 0.3 is 5.97 Å². The normalized spacial score (nSPS) is 11.4. The summed E-state index contributed by atoms with van der Waals surface area (Å²) in [5, 5.41) is 7.76. The highest BCUT2D eigenvalue weighted by Gasteiger charge is 2.17. The molecule has 1 aromatic carbocycles. The molecule has 10 heteroatoms. The molecule has 1 aromatic rings. The first kappa shape index (κ1) is 26.4. The highest BCUT2D eigenvalue weighted by atomic mass is 35.5. The van der Waals surface area contributed by atoms with Crippen LogP contribution < -0.4 is 16.0 Å². The van der Waals surface area contributed by atoms with Crippen LogP contribution in [0.15, 0.2) is 18.2 Å². The number of amides is 3. The summed E-state index contributed by atoms with van der Waals surface area (Å²) in [6, 6.07) is 4.59. The third-order valence-corrected chi connectivity index (χ3v) is 4.57. The number of halogens is 1. The number of carbonyl (C=O) groups is 4. The summed E-state index contributed by atoms with van der Waals surface area (Å²) in [5.41, 5.74) is 2.25. The van der Waals surface area contributed by atoms with Crippen molar-refractivity contribution < 1.29 is 28.7 Å². The van der Waals surface area contributed by atoms with Gasteiger partial charge in [-0.3, -0.25) is 19.2 Å². The number of nitrogens with one attached hydrogen (secondary N) is 3. The standard InChI is InChI=1S/C21H30ClN3O6/c1-14(21(29)25-17-9-15(11-22)8-16(10-17)13-30-2)24-19(27)12-23-18(26)6-4-5-7-20(28)31-3/h8-10,14H,4-7,11-13H2,1-3H3,(H,23,26)(H,24,27)(H,25,29). The van der Waals surface area contributed by atoms with Crippen LogP contribution in [-0.2, 0) is 41.1 Å². The highest BCUT2D eigenvalue weighted by Crippen LogP contribution is 2.17. The fourth-order valence-corrected chi connectivity index (χ4v) is 2.85. The van der Waals surface area contributed by atoms with Gasteiger partial charge in [0, 0.05) is 31.5 Å². The van der Waals surface area contributed by atoms with Crippen molar-refractivity contribution in [3.63, 3.8) is 0 Å². The lowest BCUT2D eigenvalue weighted by Gasteiger charge is -2.15. The molecular formula is C21H30ClN3O6. The van der Waals surface area contributed by atoms with E-state index in [9.17, 15) is 19.2 Å². The summed E-state index contributed by atoms with van der Waals surface area (Å²) < 4.78 is 9.63. The maximum atomic E-state index is 12.4. The fourth-order valence-electron chi connectivity index (χ4n) is 2.69. The van der Waals surface area contributed by atoms with Crippen molar-refractivity contribution in [2.45, 2.75) is 51.1 Å². The zero-order valence-corrected chi connectivity index (χ0v) is 18.8. The molecule has 1 rings (SSSR count). The molecule has 0 bridgehead atoms. The number of methoxy groups -OCH3 is 2. The molecule has 0 radical (unpaired) electrons. The summed E-state index contributed by atoms with van der Waals surface area (Å²) >= 11 is 5.89. The lowest BCUT2D eigenvalue weighted by Crippen LogP contribution is -2.45. The molecule has 0 aromatic heterocycles. The van der Waals surface area contributed by atoms with E-state index in [1.165, 1.54) is 7.11 Å². The number of hydrogen-bond acceptors (Lipinski definition) is 6. The van der Waals surface area contributed by atoms with Gasteiger partial charge in [0.25, 0.3) is 0 Å². The van der Waals surface area contributed by atoms with Crippen LogP contribution in [0.5, 0.6) is 0 Å². The minimum atomic E-state index is -0.810. The number of alkyl halides is 1. The van der Waals surface area contributed by atoms with Crippen LogP contribution >= 0.6 is 11.6 Å². The third kappa shape index (κ3) is 10.8. The van der Waals surface area contributed by atoms with Gasteiger partial charge in [-0.2, -0.15) is 0 Å². The SMILES string of the molecule is COCc1cc(CCl)cc(NC(=O)C(C)NC(=O)CNC(=O)CCCCC(=O)OC)c1. The molecule has 0 aliphatic rings. The van der Waals surface area contributed by atoms with Crippen molar-refractivity contribution in [1.29, 1.82) is 0 Å². The lowest BCUT2D eigenvalue weighted by atomic mass is 10.1. The number of carbonyl (C=O) groups excluding carboxylic acids is 4. The summed E-state index contributed by atoms with van der Waals surface area (Å²) in [4.78, 5) is 47.2. The number of esters is 1. The Hall–Kier alpha value is -2.65. The number of rotatable bonds is 13. The van der Waals surface area contributed by atoms with Crippen LogP contribution in [0.25, 0.3) is 0 Å². The van der Waals surface area contributed by atoms with E-state index < -0.39 is 17.9 Å². The highest BCUT2D eigenvalue weighted by molar-refractivity contribution is 6.17. The average molecular weight is 456 g/mol. The van der Waals surface area contributed by atoms with Crippen LogP contribution in [0, 0.1) is 0 Å². The minimum Gasteiger partial charge on any atom is -0.469 e. The van der Waals surface area contributed by atoms with E-state index in [1.54, 1.807) is 26.2 Å². The van der Waals surface area contributed by atoms with Gasteiger partial charge in [-0.25, -0.2) is 0 Å². The number of ether oxygens (including phenoxy) is 2. The van der Waals surface area contributed by atoms with Gasteiger partial charge in [0.1, 0.15) is 6.04 Å². The van der Waals surface area contributed by atoms with Gasteiger partial charge in [-0.15, -0.1) is 11.6 Å². The van der Waals surface area contributed by atoms with E-state index in [4.69, 9.17) is 16.3 Å². The Labute approximate surface area is 187 Å². The van der Waals surface area contributed by atoms with Crippen molar-refractivity contribution in [2.24, 2.45) is 0 Å².